The van der Waals surface area contributed by atoms with Crippen molar-refractivity contribution in [2.75, 3.05) is 6.54 Å². The third-order valence-electron chi connectivity index (χ3n) is 12.9. The second kappa shape index (κ2) is 11.5. The number of nitrogens with two attached hydrogens (primary N) is 1. The Morgan fingerprint density at radius 2 is 1.80 bits per heavy atom. The van der Waals surface area contributed by atoms with Gasteiger partial charge in [0, 0.05) is 24.3 Å². The van der Waals surface area contributed by atoms with Crippen molar-refractivity contribution in [2.45, 2.75) is 123 Å². The maximum Gasteiger partial charge on any atom is 0.481 e. The quantitative estimate of drug-likeness (QED) is 0.0701. The number of guanidine groups is 1. The Morgan fingerprint density at radius 3 is 2.43 bits per heavy atom. The van der Waals surface area contributed by atoms with Gasteiger partial charge < -0.3 is 20.4 Å². The molecular weight excluding hydrogens is 561 g/mol. The summed E-state index contributed by atoms with van der Waals surface area (Å²) in [5.74, 6) is 2.15. The molecule has 0 spiro atoms. The molecule has 7 aliphatic carbocycles. The Labute approximate surface area is 261 Å². The van der Waals surface area contributed by atoms with Crippen LogP contribution in [0.25, 0.3) is 0 Å². The molecule has 1 heterocycles. The Hall–Kier alpha value is -2.21. The normalized spacial score (nSPS) is 39.1. The molecule has 12 heteroatoms. The van der Waals surface area contributed by atoms with Gasteiger partial charge in [0.2, 0.25) is 5.91 Å². The van der Waals surface area contributed by atoms with Crippen molar-refractivity contribution in [3.63, 3.8) is 0 Å². The first-order chi connectivity index (χ1) is 20.7. The lowest BCUT2D eigenvalue weighted by Crippen LogP contribution is -2.65. The molecular formula is C32H52BN5O6. The minimum atomic E-state index is -0.750. The standard InChI is InChI=1S/C32H52BN5O6/c1-18(2)9-27(33-43-26-15-22-14-24(30(22,3)4)31(26,5)44-33)36-28(40)21(7-6-8-35-29(34)37-38(41)42)13-25(39)32-16-19-10-20(17-32)12-23(32)11-19/h18-24,26-27H,6-17H2,1-5H3,(H,36,40)(H3,34,35,37)/t19?,20?,21-,22+,23?,24+,26-,27+,31+,32?/m1/s1. The van der Waals surface area contributed by atoms with Crippen LogP contribution in [0.4, 0.5) is 0 Å². The summed E-state index contributed by atoms with van der Waals surface area (Å²) in [6.07, 6.45) is 9.54. The zero-order valence-electron chi connectivity index (χ0n) is 27.2. The Bertz CT molecular complexity index is 1180. The van der Waals surface area contributed by atoms with Gasteiger partial charge in [-0.3, -0.25) is 9.59 Å². The lowest BCUT2D eigenvalue weighted by Gasteiger charge is -2.64. The number of hydrazine groups is 1. The summed E-state index contributed by atoms with van der Waals surface area (Å²) in [5, 5.41) is 13.2. The number of nitro groups is 1. The molecule has 7 saturated carbocycles. The summed E-state index contributed by atoms with van der Waals surface area (Å²) in [6.45, 7) is 11.4. The highest BCUT2D eigenvalue weighted by molar-refractivity contribution is 6.47. The first-order valence-electron chi connectivity index (χ1n) is 17.1. The SMILES string of the molecule is CC(C)C[C@H](NC(=O)[C@H](CCCN=C(N)N[N+](=O)[O-])CC(=O)C12CC3CC(CC1C3)C2)B1O[C@@H]2C[C@@H]3C[C@@H](C3(C)C)[C@]2(C)O1. The Kier molecular flexibility index (Phi) is 8.34. The molecule has 4 N–H and O–H groups in total. The summed E-state index contributed by atoms with van der Waals surface area (Å²) in [6, 6.07) is 0. The molecule has 1 amide bonds. The van der Waals surface area contributed by atoms with E-state index < -0.39 is 18.1 Å². The number of hydrogen-bond donors (Lipinski definition) is 3. The van der Waals surface area contributed by atoms with Crippen LogP contribution in [-0.2, 0) is 18.9 Å². The van der Waals surface area contributed by atoms with E-state index in [1.165, 1.54) is 6.42 Å². The van der Waals surface area contributed by atoms with Gasteiger partial charge in [0.25, 0.3) is 5.96 Å². The highest BCUT2D eigenvalue weighted by atomic mass is 16.7. The van der Waals surface area contributed by atoms with Crippen LogP contribution < -0.4 is 16.5 Å². The van der Waals surface area contributed by atoms with Crippen LogP contribution in [0.5, 0.6) is 0 Å². The number of amides is 1. The molecule has 0 radical (unpaired) electrons. The van der Waals surface area contributed by atoms with E-state index in [9.17, 15) is 19.7 Å². The van der Waals surface area contributed by atoms with Crippen LogP contribution in [-0.4, -0.2) is 54.0 Å². The summed E-state index contributed by atoms with van der Waals surface area (Å²) >= 11 is 0. The molecule has 8 fully saturated rings. The van der Waals surface area contributed by atoms with E-state index in [0.29, 0.717) is 54.8 Å². The fourth-order valence-electron chi connectivity index (χ4n) is 10.8. The third kappa shape index (κ3) is 5.56. The average Bonchev–Trinajstić information content (AvgIpc) is 3.51. The van der Waals surface area contributed by atoms with Gasteiger partial charge in [-0.15, -0.1) is 0 Å². The van der Waals surface area contributed by atoms with Crippen LogP contribution in [0.15, 0.2) is 4.99 Å². The molecule has 0 aromatic carbocycles. The van der Waals surface area contributed by atoms with E-state index in [-0.39, 0.29) is 59.1 Å². The largest absolute Gasteiger partial charge is 0.481 e. The van der Waals surface area contributed by atoms with Crippen molar-refractivity contribution < 1.29 is 23.9 Å². The number of carbonyl (C=O) groups is 2. The van der Waals surface area contributed by atoms with Crippen molar-refractivity contribution in [1.82, 2.24) is 10.7 Å². The topological polar surface area (TPSA) is 158 Å². The molecule has 244 valence electrons. The fraction of sp³-hybridized carbons (Fsp3) is 0.906. The molecule has 2 unspecified atom stereocenters. The maximum absolute atomic E-state index is 14.1. The highest BCUT2D eigenvalue weighted by Gasteiger charge is 2.68. The predicted molar refractivity (Wildman–Crippen MR) is 166 cm³/mol. The fourth-order valence-corrected chi connectivity index (χ4v) is 10.8. The summed E-state index contributed by atoms with van der Waals surface area (Å²) in [7, 11) is -0.528. The summed E-state index contributed by atoms with van der Waals surface area (Å²) < 4.78 is 13.4. The van der Waals surface area contributed by atoms with Gasteiger partial charge >= 0.3 is 7.12 Å². The highest BCUT2D eigenvalue weighted by Crippen LogP contribution is 2.67. The second-order valence-corrected chi connectivity index (χ2v) is 16.4. The Balaban J connectivity index is 1.16. The number of hydrogen-bond acceptors (Lipinski definition) is 7. The summed E-state index contributed by atoms with van der Waals surface area (Å²) in [5.41, 5.74) is 7.06. The van der Waals surface area contributed by atoms with Crippen LogP contribution in [0, 0.1) is 62.4 Å². The van der Waals surface area contributed by atoms with Crippen molar-refractivity contribution in [3.8, 4) is 0 Å². The lowest BCUT2D eigenvalue weighted by atomic mass is 9.43. The smallest absolute Gasteiger partial charge is 0.404 e. The molecule has 8 atom stereocenters. The van der Waals surface area contributed by atoms with Crippen molar-refractivity contribution in [3.05, 3.63) is 10.1 Å². The van der Waals surface area contributed by atoms with E-state index in [4.69, 9.17) is 15.0 Å². The molecule has 8 aliphatic rings. The van der Waals surface area contributed by atoms with Gasteiger partial charge in [0.15, 0.2) is 5.03 Å². The molecule has 0 aromatic rings. The second-order valence-electron chi connectivity index (χ2n) is 16.4. The van der Waals surface area contributed by atoms with E-state index in [1.54, 1.807) is 0 Å². The zero-order chi connectivity index (χ0) is 31.6. The van der Waals surface area contributed by atoms with E-state index in [0.717, 1.165) is 38.5 Å². The molecule has 1 aliphatic heterocycles. The van der Waals surface area contributed by atoms with Crippen LogP contribution in [0.1, 0.15) is 105 Å². The first kappa shape index (κ1) is 31.8. The number of carbonyl (C=O) groups excluding carboxylic acids is 2. The van der Waals surface area contributed by atoms with Crippen molar-refractivity contribution in [1.29, 1.82) is 0 Å². The lowest BCUT2D eigenvalue weighted by molar-refractivity contribution is -0.525. The molecule has 6 bridgehead atoms. The number of aliphatic imine (C=N–C) groups is 1. The zero-order valence-corrected chi connectivity index (χ0v) is 27.2. The van der Waals surface area contributed by atoms with Gasteiger partial charge in [-0.25, -0.2) is 15.1 Å². The van der Waals surface area contributed by atoms with Crippen LogP contribution in [0.2, 0.25) is 0 Å². The number of nitrogens with one attached hydrogen (secondary N) is 2. The minimum Gasteiger partial charge on any atom is -0.404 e. The van der Waals surface area contributed by atoms with Crippen LogP contribution >= 0.6 is 0 Å². The number of nitrogens with zero attached hydrogens (tertiary/aromatic N) is 2. The summed E-state index contributed by atoms with van der Waals surface area (Å²) in [4.78, 5) is 42.9. The average molecular weight is 614 g/mol. The van der Waals surface area contributed by atoms with E-state index in [1.807, 2.05) is 5.43 Å². The number of Topliss-reactive ketones (excluding diaryl/α,β-unsaturated/α-hetero) is 1. The first-order valence-corrected chi connectivity index (χ1v) is 17.1. The van der Waals surface area contributed by atoms with E-state index >= 15 is 0 Å². The van der Waals surface area contributed by atoms with Gasteiger partial charge in [-0.05, 0) is 112 Å². The molecule has 1 saturated heterocycles. The van der Waals surface area contributed by atoms with Crippen LogP contribution in [0.3, 0.4) is 0 Å². The van der Waals surface area contributed by atoms with Gasteiger partial charge in [0.05, 0.1) is 17.6 Å². The van der Waals surface area contributed by atoms with Gasteiger partial charge in [-0.1, -0.05) is 33.1 Å². The van der Waals surface area contributed by atoms with E-state index in [2.05, 4.69) is 44.9 Å². The number of ketones is 1. The molecule has 8 rings (SSSR count). The predicted octanol–water partition coefficient (Wildman–Crippen LogP) is 4.06. The van der Waals surface area contributed by atoms with Crippen molar-refractivity contribution in [2.24, 2.45) is 63.0 Å². The molecule has 44 heavy (non-hydrogen) atoms. The molecule has 11 nitrogen and oxygen atoms in total. The van der Waals surface area contributed by atoms with Gasteiger partial charge in [0.1, 0.15) is 5.78 Å². The third-order valence-corrected chi connectivity index (χ3v) is 12.9. The molecule has 0 aromatic heterocycles. The maximum atomic E-state index is 14.1. The Morgan fingerprint density at radius 1 is 1.09 bits per heavy atom. The number of rotatable bonds is 13. The van der Waals surface area contributed by atoms with Crippen molar-refractivity contribution >= 4 is 24.8 Å². The minimum absolute atomic E-state index is 0.0245. The van der Waals surface area contributed by atoms with Gasteiger partial charge in [-0.2, -0.15) is 0 Å². The monoisotopic (exact) mass is 613 g/mol.